The maximum Gasteiger partial charge on any atom is 0.187 e. The number of rotatable bonds is 16. The van der Waals surface area contributed by atoms with Crippen molar-refractivity contribution in [3.63, 3.8) is 0 Å². The predicted molar refractivity (Wildman–Crippen MR) is 198 cm³/mol. The van der Waals surface area contributed by atoms with Gasteiger partial charge in [0.15, 0.2) is 18.4 Å². The van der Waals surface area contributed by atoms with Crippen LogP contribution in [0.3, 0.4) is 0 Å². The highest BCUT2D eigenvalue weighted by atomic mass is 16.8. The summed E-state index contributed by atoms with van der Waals surface area (Å²) in [5.41, 5.74) is 5.05. The summed E-state index contributed by atoms with van der Waals surface area (Å²) in [4.78, 5) is 0. The van der Waals surface area contributed by atoms with Gasteiger partial charge in [-0.3, -0.25) is 0 Å². The Balaban J connectivity index is 1.10. The predicted octanol–water partition coefficient (Wildman–Crippen LogP) is 7.52. The van der Waals surface area contributed by atoms with E-state index in [9.17, 15) is 0 Å². The van der Waals surface area contributed by atoms with Crippen LogP contribution < -0.4 is 0 Å². The highest BCUT2D eigenvalue weighted by Gasteiger charge is 2.56. The zero-order valence-electron chi connectivity index (χ0n) is 30.7. The van der Waals surface area contributed by atoms with Crippen LogP contribution in [-0.2, 0) is 69.1 Å². The molecule has 0 radical (unpaired) electrons. The van der Waals surface area contributed by atoms with Gasteiger partial charge in [0, 0.05) is 5.57 Å². The lowest BCUT2D eigenvalue weighted by Crippen LogP contribution is -2.55. The van der Waals surface area contributed by atoms with E-state index in [-0.39, 0.29) is 19.3 Å². The smallest absolute Gasteiger partial charge is 0.187 e. The van der Waals surface area contributed by atoms with E-state index in [1.54, 1.807) is 0 Å². The van der Waals surface area contributed by atoms with E-state index in [1.807, 2.05) is 124 Å². The highest BCUT2D eigenvalue weighted by Crippen LogP contribution is 2.40. The van der Waals surface area contributed by atoms with Gasteiger partial charge in [0.1, 0.15) is 36.6 Å². The molecule has 0 spiro atoms. The van der Waals surface area contributed by atoms with Crippen LogP contribution in [0.4, 0.5) is 0 Å². The molecule has 53 heavy (non-hydrogen) atoms. The van der Waals surface area contributed by atoms with Crippen molar-refractivity contribution in [1.82, 2.24) is 0 Å². The Labute approximate surface area is 312 Å². The van der Waals surface area contributed by atoms with E-state index < -0.39 is 48.9 Å². The summed E-state index contributed by atoms with van der Waals surface area (Å²) in [5, 5.41) is 0. The molecule has 0 saturated carbocycles. The number of allylic oxidation sites excluding steroid dienone is 1. The Hall–Kier alpha value is -3.74. The van der Waals surface area contributed by atoms with Gasteiger partial charge in [0.2, 0.25) is 0 Å². The average molecular weight is 723 g/mol. The van der Waals surface area contributed by atoms with Gasteiger partial charge in [-0.2, -0.15) is 0 Å². The Morgan fingerprint density at radius 2 is 1.06 bits per heavy atom. The lowest BCUT2D eigenvalue weighted by atomic mass is 9.95. The van der Waals surface area contributed by atoms with Crippen LogP contribution in [-0.4, -0.2) is 68.2 Å². The van der Waals surface area contributed by atoms with Gasteiger partial charge in [0.25, 0.3) is 0 Å². The molecule has 9 nitrogen and oxygen atoms in total. The fourth-order valence-electron chi connectivity index (χ4n) is 7.03. The Bertz CT molecular complexity index is 1700. The molecule has 7 rings (SSSR count). The SMILES string of the molecule is C/C=C1/C(OC[C@H]2O[C@H](OCc3ccccc3)[C@@H]3OC(C)(C)O[C@@H]32)O[C@H](COCc2ccccc2)[C@@H](OCc2ccccc2)[C@@H]1OCc1ccccc1. The van der Waals surface area contributed by atoms with Gasteiger partial charge < -0.3 is 42.6 Å². The quantitative estimate of drug-likeness (QED) is 0.109. The Kier molecular flexibility index (Phi) is 12.8. The number of fused-ring (bicyclic) bond motifs is 1. The molecular formula is C44H50O9. The van der Waals surface area contributed by atoms with Crippen LogP contribution in [0.5, 0.6) is 0 Å². The van der Waals surface area contributed by atoms with E-state index in [2.05, 4.69) is 24.3 Å². The molecule has 4 aromatic rings. The van der Waals surface area contributed by atoms with E-state index in [0.717, 1.165) is 27.8 Å². The monoisotopic (exact) mass is 722 g/mol. The summed E-state index contributed by atoms with van der Waals surface area (Å²) < 4.78 is 58.5. The first kappa shape index (κ1) is 37.6. The first-order valence-electron chi connectivity index (χ1n) is 18.5. The summed E-state index contributed by atoms with van der Waals surface area (Å²) in [6.07, 6.45) is -2.14. The maximum atomic E-state index is 6.78. The summed E-state index contributed by atoms with van der Waals surface area (Å²) in [6.45, 7) is 7.81. The molecule has 3 saturated heterocycles. The second-order valence-corrected chi connectivity index (χ2v) is 14.0. The van der Waals surface area contributed by atoms with Crippen LogP contribution in [0.15, 0.2) is 133 Å². The summed E-state index contributed by atoms with van der Waals surface area (Å²) in [6, 6.07) is 40.3. The van der Waals surface area contributed by atoms with Crippen LogP contribution in [0.1, 0.15) is 43.0 Å². The van der Waals surface area contributed by atoms with Crippen molar-refractivity contribution >= 4 is 0 Å². The van der Waals surface area contributed by atoms with Crippen LogP contribution in [0.25, 0.3) is 0 Å². The number of hydrogen-bond acceptors (Lipinski definition) is 9. The standard InChI is InChI=1S/C44H50O9/c1-4-35-38(46-26-32-19-11-6-12-20-32)39(47-27-33-21-13-7-14-22-33)36(29-45-25-31-17-9-5-10-18-31)50-42(35)49-30-37-40-41(53-44(2,3)52-40)43(51-37)48-28-34-23-15-8-16-24-34/h4-24,36-43H,25-30H2,1-3H3/b35-4+/t36-,37-,38-,39-,40-,41-,42?,43+/m1/s1. The van der Waals surface area contributed by atoms with Crippen molar-refractivity contribution in [2.24, 2.45) is 0 Å². The number of hydrogen-bond donors (Lipinski definition) is 0. The minimum Gasteiger partial charge on any atom is -0.374 e. The minimum absolute atomic E-state index is 0.173. The maximum absolute atomic E-state index is 6.78. The lowest BCUT2D eigenvalue weighted by Gasteiger charge is -2.43. The first-order valence-corrected chi connectivity index (χ1v) is 18.5. The van der Waals surface area contributed by atoms with Crippen molar-refractivity contribution in [2.75, 3.05) is 13.2 Å². The molecule has 0 N–H and O–H groups in total. The third-order valence-corrected chi connectivity index (χ3v) is 9.62. The minimum atomic E-state index is -0.789. The van der Waals surface area contributed by atoms with Gasteiger partial charge in [-0.05, 0) is 43.0 Å². The Morgan fingerprint density at radius 3 is 1.62 bits per heavy atom. The first-order chi connectivity index (χ1) is 26.0. The van der Waals surface area contributed by atoms with E-state index in [0.29, 0.717) is 26.4 Å². The zero-order valence-corrected chi connectivity index (χ0v) is 30.7. The lowest BCUT2D eigenvalue weighted by molar-refractivity contribution is -0.268. The molecule has 3 heterocycles. The van der Waals surface area contributed by atoms with Gasteiger partial charge in [-0.1, -0.05) is 127 Å². The van der Waals surface area contributed by atoms with E-state index >= 15 is 0 Å². The zero-order chi connectivity index (χ0) is 36.5. The van der Waals surface area contributed by atoms with Crippen LogP contribution in [0.2, 0.25) is 0 Å². The second kappa shape index (κ2) is 18.1. The number of benzene rings is 4. The summed E-state index contributed by atoms with van der Waals surface area (Å²) >= 11 is 0. The molecule has 0 bridgehead atoms. The van der Waals surface area contributed by atoms with Gasteiger partial charge >= 0.3 is 0 Å². The molecule has 0 amide bonds. The second-order valence-electron chi connectivity index (χ2n) is 14.0. The summed E-state index contributed by atoms with van der Waals surface area (Å²) in [5.74, 6) is -0.789. The molecule has 280 valence electrons. The molecule has 8 atom stereocenters. The van der Waals surface area contributed by atoms with Gasteiger partial charge in [-0.25, -0.2) is 0 Å². The highest BCUT2D eigenvalue weighted by molar-refractivity contribution is 5.21. The van der Waals surface area contributed by atoms with Crippen molar-refractivity contribution < 1.29 is 42.6 Å². The van der Waals surface area contributed by atoms with Crippen LogP contribution in [0, 0.1) is 0 Å². The molecule has 0 aromatic heterocycles. The van der Waals surface area contributed by atoms with Crippen molar-refractivity contribution in [2.45, 2.75) is 102 Å². The van der Waals surface area contributed by atoms with E-state index in [1.165, 1.54) is 0 Å². The molecular weight excluding hydrogens is 672 g/mol. The molecule has 3 fully saturated rings. The molecule has 9 heteroatoms. The van der Waals surface area contributed by atoms with Gasteiger partial charge in [-0.15, -0.1) is 0 Å². The number of ether oxygens (including phenoxy) is 9. The summed E-state index contributed by atoms with van der Waals surface area (Å²) in [7, 11) is 0. The normalized spacial score (nSPS) is 28.6. The fourth-order valence-corrected chi connectivity index (χ4v) is 7.03. The molecule has 3 aliphatic heterocycles. The molecule has 4 aromatic carbocycles. The van der Waals surface area contributed by atoms with Crippen molar-refractivity contribution in [3.8, 4) is 0 Å². The molecule has 0 aliphatic carbocycles. The van der Waals surface area contributed by atoms with Crippen molar-refractivity contribution in [3.05, 3.63) is 155 Å². The third kappa shape index (κ3) is 9.88. The topological polar surface area (TPSA) is 83.1 Å². The fraction of sp³-hybridized carbons (Fsp3) is 0.409. The molecule has 1 unspecified atom stereocenters. The Morgan fingerprint density at radius 1 is 0.547 bits per heavy atom. The van der Waals surface area contributed by atoms with E-state index in [4.69, 9.17) is 42.6 Å². The average Bonchev–Trinajstić information content (AvgIpc) is 3.68. The van der Waals surface area contributed by atoms with Gasteiger partial charge in [0.05, 0.1) is 39.6 Å². The largest absolute Gasteiger partial charge is 0.374 e. The van der Waals surface area contributed by atoms with Crippen LogP contribution >= 0.6 is 0 Å². The van der Waals surface area contributed by atoms with Crippen molar-refractivity contribution in [1.29, 1.82) is 0 Å². The molecule has 3 aliphatic rings. The third-order valence-electron chi connectivity index (χ3n) is 9.62.